The van der Waals surface area contributed by atoms with Crippen molar-refractivity contribution in [1.29, 1.82) is 0 Å². The van der Waals surface area contributed by atoms with Crippen LogP contribution >= 0.6 is 11.8 Å². The maximum absolute atomic E-state index is 12.1. The minimum atomic E-state index is -0.0517. The van der Waals surface area contributed by atoms with Crippen molar-refractivity contribution >= 4 is 17.7 Å². The van der Waals surface area contributed by atoms with Crippen LogP contribution in [0.3, 0.4) is 0 Å². The molecule has 0 bridgehead atoms. The van der Waals surface area contributed by atoms with Crippen molar-refractivity contribution in [2.24, 2.45) is 0 Å². The molecule has 1 aromatic heterocycles. The molecule has 0 spiro atoms. The number of nitrogens with zero attached hydrogens (tertiary/aromatic N) is 2. The van der Waals surface area contributed by atoms with Crippen molar-refractivity contribution in [3.8, 4) is 0 Å². The number of nitrogens with one attached hydrogen (secondary N) is 1. The molecular formula is C13H19N3OS. The van der Waals surface area contributed by atoms with Gasteiger partial charge in [-0.15, -0.1) is 0 Å². The summed E-state index contributed by atoms with van der Waals surface area (Å²) in [7, 11) is 0. The first-order valence-corrected chi connectivity index (χ1v) is 7.53. The molecule has 0 radical (unpaired) electrons. The summed E-state index contributed by atoms with van der Waals surface area (Å²) < 4.78 is 0. The molecule has 4 nitrogen and oxygen atoms in total. The molecule has 2 rings (SSSR count). The fourth-order valence-electron chi connectivity index (χ4n) is 2.34. The first-order chi connectivity index (χ1) is 8.81. The van der Waals surface area contributed by atoms with Crippen LogP contribution in [0, 0.1) is 0 Å². The van der Waals surface area contributed by atoms with Crippen molar-refractivity contribution in [2.45, 2.75) is 43.9 Å². The summed E-state index contributed by atoms with van der Waals surface area (Å²) in [4.78, 5) is 19.8. The number of rotatable bonds is 4. The average Bonchev–Trinajstić information content (AvgIpc) is 2.42. The van der Waals surface area contributed by atoms with Gasteiger partial charge >= 0.3 is 0 Å². The summed E-state index contributed by atoms with van der Waals surface area (Å²) in [6, 6.07) is 0.288. The van der Waals surface area contributed by atoms with Gasteiger partial charge in [0.05, 0.1) is 5.56 Å². The molecule has 2 unspecified atom stereocenters. The quantitative estimate of drug-likeness (QED) is 0.907. The second-order valence-corrected chi connectivity index (χ2v) is 6.00. The van der Waals surface area contributed by atoms with Gasteiger partial charge in [0, 0.05) is 23.7 Å². The van der Waals surface area contributed by atoms with Crippen LogP contribution in [-0.4, -0.2) is 32.9 Å². The van der Waals surface area contributed by atoms with E-state index in [0.717, 1.165) is 12.2 Å². The van der Waals surface area contributed by atoms with Crippen LogP contribution in [0.5, 0.6) is 0 Å². The number of aromatic nitrogens is 2. The van der Waals surface area contributed by atoms with Gasteiger partial charge in [-0.1, -0.05) is 19.8 Å². The highest BCUT2D eigenvalue weighted by molar-refractivity contribution is 7.99. The number of thioether (sulfide) groups is 1. The molecule has 1 N–H and O–H groups in total. The third kappa shape index (κ3) is 3.45. The summed E-state index contributed by atoms with van der Waals surface area (Å²) in [5.41, 5.74) is 0.545. The van der Waals surface area contributed by atoms with Crippen LogP contribution in [0.4, 0.5) is 0 Å². The summed E-state index contributed by atoms with van der Waals surface area (Å²) in [6.45, 7) is 2.17. The Labute approximate surface area is 112 Å². The number of hydrogen-bond donors (Lipinski definition) is 1. The average molecular weight is 265 g/mol. The molecule has 1 aromatic rings. The third-order valence-electron chi connectivity index (χ3n) is 3.22. The molecule has 1 aliphatic carbocycles. The second kappa shape index (κ2) is 6.73. The fourth-order valence-corrected chi connectivity index (χ4v) is 3.54. The van der Waals surface area contributed by atoms with E-state index in [2.05, 4.69) is 22.2 Å². The third-order valence-corrected chi connectivity index (χ3v) is 4.55. The first-order valence-electron chi connectivity index (χ1n) is 6.48. The second-order valence-electron chi connectivity index (χ2n) is 4.49. The number of amides is 1. The zero-order valence-electron chi connectivity index (χ0n) is 10.6. The summed E-state index contributed by atoms with van der Waals surface area (Å²) >= 11 is 1.95. The van der Waals surface area contributed by atoms with Crippen LogP contribution in [0.15, 0.2) is 18.7 Å². The van der Waals surface area contributed by atoms with E-state index in [1.807, 2.05) is 11.8 Å². The molecule has 0 saturated heterocycles. The van der Waals surface area contributed by atoms with Crippen LogP contribution in [-0.2, 0) is 0 Å². The summed E-state index contributed by atoms with van der Waals surface area (Å²) in [6.07, 6.45) is 9.33. The van der Waals surface area contributed by atoms with Crippen molar-refractivity contribution in [3.63, 3.8) is 0 Å². The van der Waals surface area contributed by atoms with Crippen LogP contribution in [0.25, 0.3) is 0 Å². The lowest BCUT2D eigenvalue weighted by Crippen LogP contribution is -2.43. The lowest BCUT2D eigenvalue weighted by molar-refractivity contribution is 0.0928. The van der Waals surface area contributed by atoms with Gasteiger partial charge < -0.3 is 5.32 Å². The molecular weight excluding hydrogens is 246 g/mol. The molecule has 98 valence electrons. The van der Waals surface area contributed by atoms with Gasteiger partial charge in [0.25, 0.3) is 5.91 Å². The van der Waals surface area contributed by atoms with Gasteiger partial charge in [0.2, 0.25) is 0 Å². The monoisotopic (exact) mass is 265 g/mol. The Morgan fingerprint density at radius 1 is 1.39 bits per heavy atom. The number of carbonyl (C=O) groups excluding carboxylic acids is 1. The fraction of sp³-hybridized carbons (Fsp3) is 0.615. The maximum Gasteiger partial charge on any atom is 0.254 e. The van der Waals surface area contributed by atoms with Gasteiger partial charge in [0.1, 0.15) is 6.33 Å². The van der Waals surface area contributed by atoms with Gasteiger partial charge in [-0.05, 0) is 18.6 Å². The predicted octanol–water partition coefficient (Wildman–Crippen LogP) is 2.27. The molecule has 0 aliphatic heterocycles. The minimum Gasteiger partial charge on any atom is -0.348 e. The van der Waals surface area contributed by atoms with E-state index in [-0.39, 0.29) is 11.9 Å². The van der Waals surface area contributed by atoms with Crippen molar-refractivity contribution in [2.75, 3.05) is 5.75 Å². The van der Waals surface area contributed by atoms with E-state index in [9.17, 15) is 4.79 Å². The lowest BCUT2D eigenvalue weighted by Gasteiger charge is -2.31. The largest absolute Gasteiger partial charge is 0.348 e. The smallest absolute Gasteiger partial charge is 0.254 e. The highest BCUT2D eigenvalue weighted by Gasteiger charge is 2.26. The Kier molecular flexibility index (Phi) is 4.99. The van der Waals surface area contributed by atoms with Gasteiger partial charge in [-0.2, -0.15) is 11.8 Å². The van der Waals surface area contributed by atoms with Gasteiger partial charge in [-0.3, -0.25) is 4.79 Å². The molecule has 18 heavy (non-hydrogen) atoms. The maximum atomic E-state index is 12.1. The topological polar surface area (TPSA) is 54.9 Å². The Morgan fingerprint density at radius 2 is 2.11 bits per heavy atom. The van der Waals surface area contributed by atoms with Crippen LogP contribution in [0.1, 0.15) is 43.0 Å². The minimum absolute atomic E-state index is 0.0517. The van der Waals surface area contributed by atoms with E-state index >= 15 is 0 Å². The van der Waals surface area contributed by atoms with Crippen molar-refractivity contribution in [3.05, 3.63) is 24.3 Å². The first kappa shape index (κ1) is 13.3. The highest BCUT2D eigenvalue weighted by atomic mass is 32.2. The standard InChI is InChI=1S/C13H19N3OS/c1-2-18-12-6-4-3-5-11(12)16-13(17)10-7-14-9-15-8-10/h7-9,11-12H,2-6H2,1H3,(H,16,17). The van der Waals surface area contributed by atoms with E-state index in [4.69, 9.17) is 0 Å². The van der Waals surface area contributed by atoms with E-state index < -0.39 is 0 Å². The Bertz CT molecular complexity index is 383. The zero-order valence-corrected chi connectivity index (χ0v) is 11.4. The molecule has 2 atom stereocenters. The Hall–Kier alpha value is -1.10. The summed E-state index contributed by atoms with van der Waals surface area (Å²) in [5, 5.41) is 3.68. The van der Waals surface area contributed by atoms with Crippen molar-refractivity contribution < 1.29 is 4.79 Å². The Morgan fingerprint density at radius 3 is 2.83 bits per heavy atom. The van der Waals surface area contributed by atoms with Crippen LogP contribution in [0.2, 0.25) is 0 Å². The van der Waals surface area contributed by atoms with E-state index in [1.54, 1.807) is 12.4 Å². The molecule has 5 heteroatoms. The van der Waals surface area contributed by atoms with Gasteiger partial charge in [0.15, 0.2) is 0 Å². The molecule has 1 heterocycles. The normalized spacial score (nSPS) is 23.6. The van der Waals surface area contributed by atoms with Gasteiger partial charge in [-0.25, -0.2) is 9.97 Å². The van der Waals surface area contributed by atoms with E-state index in [0.29, 0.717) is 10.8 Å². The zero-order chi connectivity index (χ0) is 12.8. The SMILES string of the molecule is CCSC1CCCCC1NC(=O)c1cncnc1. The van der Waals surface area contributed by atoms with Crippen molar-refractivity contribution in [1.82, 2.24) is 15.3 Å². The van der Waals surface area contributed by atoms with E-state index in [1.165, 1.54) is 25.6 Å². The van der Waals surface area contributed by atoms with Crippen LogP contribution < -0.4 is 5.32 Å². The number of hydrogen-bond acceptors (Lipinski definition) is 4. The highest BCUT2D eigenvalue weighted by Crippen LogP contribution is 2.28. The molecule has 1 amide bonds. The molecule has 1 saturated carbocycles. The molecule has 1 fully saturated rings. The molecule has 0 aromatic carbocycles. The molecule has 1 aliphatic rings. The predicted molar refractivity (Wildman–Crippen MR) is 73.7 cm³/mol. The number of carbonyl (C=O) groups is 1. The summed E-state index contributed by atoms with van der Waals surface area (Å²) in [5.74, 6) is 1.05. The lowest BCUT2D eigenvalue weighted by atomic mass is 9.94. The Balaban J connectivity index is 1.96.